The highest BCUT2D eigenvalue weighted by molar-refractivity contribution is 5.99. The van der Waals surface area contributed by atoms with Crippen LogP contribution in [-0.2, 0) is 25.4 Å². The molecule has 1 aromatic rings. The molecule has 0 bridgehead atoms. The Bertz CT molecular complexity index is 595. The largest absolute Gasteiger partial charge is 0.513 e. The molecule has 0 spiro atoms. The van der Waals surface area contributed by atoms with E-state index in [2.05, 4.69) is 6.92 Å². The molecule has 0 amide bonds. The smallest absolute Gasteiger partial charge is 0.434 e. The van der Waals surface area contributed by atoms with Gasteiger partial charge in [0.05, 0.1) is 6.61 Å². The maximum atomic E-state index is 12.3. The van der Waals surface area contributed by atoms with Gasteiger partial charge in [0.2, 0.25) is 0 Å². The molecule has 1 aromatic carbocycles. The van der Waals surface area contributed by atoms with Crippen LogP contribution in [0.2, 0.25) is 0 Å². The highest BCUT2D eigenvalue weighted by Gasteiger charge is 2.21. The summed E-state index contributed by atoms with van der Waals surface area (Å²) in [6, 6.07) is 4.80. The van der Waals surface area contributed by atoms with E-state index in [0.717, 1.165) is 24.8 Å². The van der Waals surface area contributed by atoms with E-state index in [-0.39, 0.29) is 24.5 Å². The Labute approximate surface area is 147 Å². The molecule has 0 aliphatic rings. The molecule has 0 aromatic heterocycles. The number of ether oxygens (including phenoxy) is 4. The molecule has 7 heteroatoms. The first kappa shape index (κ1) is 20.6. The zero-order valence-corrected chi connectivity index (χ0v) is 14.8. The summed E-state index contributed by atoms with van der Waals surface area (Å²) >= 11 is 0. The second kappa shape index (κ2) is 11.2. The highest BCUT2D eigenvalue weighted by atomic mass is 16.7. The number of carbonyl (C=O) groups is 3. The minimum atomic E-state index is -0.932. The average Bonchev–Trinajstić information content (AvgIpc) is 2.59. The maximum absolute atomic E-state index is 12.3. The first-order chi connectivity index (χ1) is 12.0. The molecule has 0 aliphatic heterocycles. The van der Waals surface area contributed by atoms with Gasteiger partial charge in [0.15, 0.2) is 0 Å². The third-order valence-electron chi connectivity index (χ3n) is 3.17. The molecule has 7 nitrogen and oxygen atoms in total. The number of esters is 2. The number of carbonyl (C=O) groups excluding carboxylic acids is 3. The van der Waals surface area contributed by atoms with E-state index >= 15 is 0 Å². The Morgan fingerprint density at radius 3 is 2.44 bits per heavy atom. The van der Waals surface area contributed by atoms with Crippen LogP contribution >= 0.6 is 0 Å². The van der Waals surface area contributed by atoms with Crippen molar-refractivity contribution in [3.8, 4) is 5.75 Å². The molecular formula is C18H24O7. The summed E-state index contributed by atoms with van der Waals surface area (Å²) in [5, 5.41) is 0. The van der Waals surface area contributed by atoms with Crippen LogP contribution in [0.1, 0.15) is 49.5 Å². The Balaban J connectivity index is 2.97. The van der Waals surface area contributed by atoms with Crippen molar-refractivity contribution in [2.75, 3.05) is 19.8 Å². The molecule has 0 atom stereocenters. The van der Waals surface area contributed by atoms with Crippen molar-refractivity contribution < 1.29 is 33.3 Å². The van der Waals surface area contributed by atoms with Gasteiger partial charge in [0.1, 0.15) is 17.9 Å². The number of benzene rings is 1. The van der Waals surface area contributed by atoms with Gasteiger partial charge in [-0.1, -0.05) is 19.4 Å². The van der Waals surface area contributed by atoms with Gasteiger partial charge in [-0.3, -0.25) is 0 Å². The molecule has 0 saturated carbocycles. The summed E-state index contributed by atoms with van der Waals surface area (Å²) in [6.45, 7) is 5.55. The normalized spacial score (nSPS) is 10.2. The van der Waals surface area contributed by atoms with Crippen molar-refractivity contribution in [2.24, 2.45) is 0 Å². The van der Waals surface area contributed by atoms with Crippen molar-refractivity contribution in [3.05, 3.63) is 29.3 Å². The van der Waals surface area contributed by atoms with E-state index < -0.39 is 18.1 Å². The molecule has 0 radical (unpaired) electrons. The van der Waals surface area contributed by atoms with E-state index in [9.17, 15) is 14.4 Å². The molecule has 0 fully saturated rings. The minimum absolute atomic E-state index is 0.00787. The van der Waals surface area contributed by atoms with Gasteiger partial charge in [-0.25, -0.2) is 14.4 Å². The SMILES string of the molecule is CCCCc1ccc(OC(=O)OCC)c(C(=O)OC(=O)COCC)c1. The van der Waals surface area contributed by atoms with Crippen molar-refractivity contribution in [1.29, 1.82) is 0 Å². The molecule has 1 rings (SSSR count). The van der Waals surface area contributed by atoms with Crippen LogP contribution in [0.5, 0.6) is 5.75 Å². The lowest BCUT2D eigenvalue weighted by Gasteiger charge is -2.11. The molecule has 25 heavy (non-hydrogen) atoms. The van der Waals surface area contributed by atoms with Crippen molar-refractivity contribution in [1.82, 2.24) is 0 Å². The first-order valence-electron chi connectivity index (χ1n) is 8.32. The third-order valence-corrected chi connectivity index (χ3v) is 3.17. The standard InChI is InChI=1S/C18H24O7/c1-4-7-8-13-9-10-15(24-18(21)23-6-3)14(11-13)17(20)25-16(19)12-22-5-2/h9-11H,4-8,12H2,1-3H3. The molecule has 0 heterocycles. The number of unbranched alkanes of at least 4 members (excludes halogenated alkanes) is 1. The highest BCUT2D eigenvalue weighted by Crippen LogP contribution is 2.23. The monoisotopic (exact) mass is 352 g/mol. The number of hydrogen-bond acceptors (Lipinski definition) is 7. The molecule has 0 N–H and O–H groups in total. The van der Waals surface area contributed by atoms with Crippen LogP contribution < -0.4 is 4.74 Å². The van der Waals surface area contributed by atoms with Crippen molar-refractivity contribution >= 4 is 18.1 Å². The van der Waals surface area contributed by atoms with Crippen LogP contribution in [-0.4, -0.2) is 37.9 Å². The van der Waals surface area contributed by atoms with Gasteiger partial charge in [0.25, 0.3) is 0 Å². The minimum Gasteiger partial charge on any atom is -0.434 e. The lowest BCUT2D eigenvalue weighted by Crippen LogP contribution is -2.19. The summed E-state index contributed by atoms with van der Waals surface area (Å²) in [6.07, 6.45) is 1.76. The zero-order valence-electron chi connectivity index (χ0n) is 14.8. The fourth-order valence-corrected chi connectivity index (χ4v) is 1.97. The molecule has 0 saturated heterocycles. The molecule has 0 aliphatic carbocycles. The van der Waals surface area contributed by atoms with Gasteiger partial charge >= 0.3 is 18.1 Å². The van der Waals surface area contributed by atoms with Gasteiger partial charge in [-0.15, -0.1) is 0 Å². The van der Waals surface area contributed by atoms with E-state index in [4.69, 9.17) is 18.9 Å². The lowest BCUT2D eigenvalue weighted by molar-refractivity contribution is -0.142. The Morgan fingerprint density at radius 2 is 1.80 bits per heavy atom. The van der Waals surface area contributed by atoms with Crippen LogP contribution in [0.25, 0.3) is 0 Å². The lowest BCUT2D eigenvalue weighted by atomic mass is 10.0. The van der Waals surface area contributed by atoms with Crippen molar-refractivity contribution in [3.63, 3.8) is 0 Å². The Morgan fingerprint density at radius 1 is 1.04 bits per heavy atom. The van der Waals surface area contributed by atoms with Gasteiger partial charge in [-0.2, -0.15) is 0 Å². The number of hydrogen-bond donors (Lipinski definition) is 0. The van der Waals surface area contributed by atoms with Crippen molar-refractivity contribution in [2.45, 2.75) is 40.0 Å². The molecular weight excluding hydrogens is 328 g/mol. The molecule has 0 unspecified atom stereocenters. The second-order valence-electron chi connectivity index (χ2n) is 5.12. The van der Waals surface area contributed by atoms with Gasteiger partial charge < -0.3 is 18.9 Å². The first-order valence-corrected chi connectivity index (χ1v) is 8.32. The van der Waals surface area contributed by atoms with Crippen LogP contribution in [0.4, 0.5) is 4.79 Å². The Kier molecular flexibility index (Phi) is 9.24. The topological polar surface area (TPSA) is 88.1 Å². The van der Waals surface area contributed by atoms with E-state index in [1.165, 1.54) is 6.07 Å². The van der Waals surface area contributed by atoms with E-state index in [1.807, 2.05) is 0 Å². The number of rotatable bonds is 9. The predicted octanol–water partition coefficient (Wildman–Crippen LogP) is 3.28. The van der Waals surface area contributed by atoms with Gasteiger partial charge in [-0.05, 0) is 44.4 Å². The van der Waals surface area contributed by atoms with E-state index in [1.54, 1.807) is 26.0 Å². The van der Waals surface area contributed by atoms with Crippen LogP contribution in [0.3, 0.4) is 0 Å². The summed E-state index contributed by atoms with van der Waals surface area (Å²) in [7, 11) is 0. The number of aryl methyl sites for hydroxylation is 1. The summed E-state index contributed by atoms with van der Waals surface area (Å²) < 4.78 is 19.4. The summed E-state index contributed by atoms with van der Waals surface area (Å²) in [5.74, 6) is -1.73. The van der Waals surface area contributed by atoms with Gasteiger partial charge in [0, 0.05) is 6.61 Å². The maximum Gasteiger partial charge on any atom is 0.513 e. The summed E-state index contributed by atoms with van der Waals surface area (Å²) in [4.78, 5) is 35.4. The van der Waals surface area contributed by atoms with Crippen LogP contribution in [0, 0.1) is 0 Å². The zero-order chi connectivity index (χ0) is 18.7. The quantitative estimate of drug-likeness (QED) is 0.383. The van der Waals surface area contributed by atoms with E-state index in [0.29, 0.717) is 6.61 Å². The fourth-order valence-electron chi connectivity index (χ4n) is 1.97. The average molecular weight is 352 g/mol. The third kappa shape index (κ3) is 7.34. The summed E-state index contributed by atoms with van der Waals surface area (Å²) in [5.41, 5.74) is 0.869. The Hall–Kier alpha value is -2.41. The van der Waals surface area contributed by atoms with Crippen LogP contribution in [0.15, 0.2) is 18.2 Å². The predicted molar refractivity (Wildman–Crippen MR) is 89.6 cm³/mol. The fraction of sp³-hybridized carbons (Fsp3) is 0.500. The second-order valence-corrected chi connectivity index (χ2v) is 5.12. The molecule has 138 valence electrons.